The van der Waals surface area contributed by atoms with Gasteiger partial charge in [-0.25, -0.2) is 4.68 Å². The summed E-state index contributed by atoms with van der Waals surface area (Å²) in [6.07, 6.45) is 0. The molecule has 0 unspecified atom stereocenters. The molecule has 1 aromatic heterocycles. The number of amides is 1. The highest BCUT2D eigenvalue weighted by Gasteiger charge is 2.13. The Balaban J connectivity index is 1.49. The van der Waals surface area contributed by atoms with Crippen molar-refractivity contribution in [1.29, 1.82) is 0 Å². The van der Waals surface area contributed by atoms with E-state index >= 15 is 0 Å². The summed E-state index contributed by atoms with van der Waals surface area (Å²) >= 11 is 0. The number of rotatable bonds is 4. The van der Waals surface area contributed by atoms with Gasteiger partial charge in [0, 0.05) is 13.6 Å². The number of carbonyl (C=O) groups excluding carboxylic acids is 1. The average molecular weight is 330 g/mol. The minimum Gasteiger partial charge on any atom is -0.340 e. The SMILES string of the molecule is CN(Cc1ccc2ccccc2c1)C(=O)Cn1nnc2ccccc21. The van der Waals surface area contributed by atoms with Crippen LogP contribution in [0.1, 0.15) is 5.56 Å². The molecule has 0 saturated carbocycles. The molecule has 0 N–H and O–H groups in total. The van der Waals surface area contributed by atoms with Crippen LogP contribution >= 0.6 is 0 Å². The molecule has 0 saturated heterocycles. The largest absolute Gasteiger partial charge is 0.340 e. The Morgan fingerprint density at radius 1 is 1.00 bits per heavy atom. The molecule has 0 aliphatic heterocycles. The number of nitrogens with zero attached hydrogens (tertiary/aromatic N) is 4. The van der Waals surface area contributed by atoms with Crippen LogP contribution < -0.4 is 0 Å². The van der Waals surface area contributed by atoms with Gasteiger partial charge in [0.1, 0.15) is 12.1 Å². The summed E-state index contributed by atoms with van der Waals surface area (Å²) in [5.41, 5.74) is 2.78. The molecule has 1 heterocycles. The molecular formula is C20H18N4O. The normalized spacial score (nSPS) is 11.1. The zero-order valence-corrected chi connectivity index (χ0v) is 14.0. The first kappa shape index (κ1) is 15.3. The summed E-state index contributed by atoms with van der Waals surface area (Å²) in [5.74, 6) is 0.00353. The lowest BCUT2D eigenvalue weighted by Gasteiger charge is -2.17. The molecule has 0 atom stereocenters. The zero-order valence-electron chi connectivity index (χ0n) is 14.0. The quantitative estimate of drug-likeness (QED) is 0.577. The predicted molar refractivity (Wildman–Crippen MR) is 98.0 cm³/mol. The summed E-state index contributed by atoms with van der Waals surface area (Å²) < 4.78 is 1.65. The van der Waals surface area contributed by atoms with Crippen molar-refractivity contribution < 1.29 is 4.79 Å². The molecule has 0 radical (unpaired) electrons. The van der Waals surface area contributed by atoms with Crippen molar-refractivity contribution in [2.75, 3.05) is 7.05 Å². The van der Waals surface area contributed by atoms with E-state index in [9.17, 15) is 4.79 Å². The topological polar surface area (TPSA) is 51.0 Å². The van der Waals surface area contributed by atoms with Gasteiger partial charge < -0.3 is 4.90 Å². The number of para-hydroxylation sites is 1. The molecule has 0 bridgehead atoms. The van der Waals surface area contributed by atoms with E-state index in [1.54, 1.807) is 9.58 Å². The lowest BCUT2D eigenvalue weighted by atomic mass is 10.1. The maximum Gasteiger partial charge on any atom is 0.244 e. The van der Waals surface area contributed by atoms with Crippen molar-refractivity contribution in [3.05, 3.63) is 72.3 Å². The van der Waals surface area contributed by atoms with Crippen LogP contribution in [-0.4, -0.2) is 32.8 Å². The van der Waals surface area contributed by atoms with Crippen LogP contribution in [0.4, 0.5) is 0 Å². The van der Waals surface area contributed by atoms with Gasteiger partial charge in [-0.1, -0.05) is 53.7 Å². The van der Waals surface area contributed by atoms with E-state index in [-0.39, 0.29) is 12.5 Å². The Labute approximate surface area is 145 Å². The summed E-state index contributed by atoms with van der Waals surface area (Å²) in [6.45, 7) is 0.751. The standard InChI is InChI=1S/C20H18N4O/c1-23(13-15-10-11-16-6-2-3-7-17(16)12-15)20(25)14-24-19-9-5-4-8-18(19)21-22-24/h2-12H,13-14H2,1H3. The van der Waals surface area contributed by atoms with Gasteiger partial charge in [0.2, 0.25) is 5.91 Å². The maximum atomic E-state index is 12.6. The highest BCUT2D eigenvalue weighted by Crippen LogP contribution is 2.17. The van der Waals surface area contributed by atoms with Gasteiger partial charge >= 0.3 is 0 Å². The smallest absolute Gasteiger partial charge is 0.244 e. The molecule has 25 heavy (non-hydrogen) atoms. The molecule has 0 fully saturated rings. The van der Waals surface area contributed by atoms with Gasteiger partial charge in [0.05, 0.1) is 5.52 Å². The lowest BCUT2D eigenvalue weighted by Crippen LogP contribution is -2.30. The maximum absolute atomic E-state index is 12.6. The second kappa shape index (κ2) is 6.36. The highest BCUT2D eigenvalue weighted by atomic mass is 16.2. The molecule has 1 amide bonds. The van der Waals surface area contributed by atoms with Gasteiger partial charge in [-0.2, -0.15) is 0 Å². The fraction of sp³-hybridized carbons (Fsp3) is 0.150. The summed E-state index contributed by atoms with van der Waals surface area (Å²) in [5, 5.41) is 10.6. The molecule has 0 aliphatic rings. The van der Waals surface area contributed by atoms with E-state index in [4.69, 9.17) is 0 Å². The van der Waals surface area contributed by atoms with Gasteiger partial charge in [-0.3, -0.25) is 4.79 Å². The second-order valence-electron chi connectivity index (χ2n) is 6.17. The molecule has 5 nitrogen and oxygen atoms in total. The summed E-state index contributed by atoms with van der Waals surface area (Å²) in [4.78, 5) is 14.3. The zero-order chi connectivity index (χ0) is 17.2. The molecule has 4 rings (SSSR count). The van der Waals surface area contributed by atoms with E-state index in [2.05, 4.69) is 40.6 Å². The first-order chi connectivity index (χ1) is 12.2. The third-order valence-electron chi connectivity index (χ3n) is 4.36. The van der Waals surface area contributed by atoms with Crippen molar-refractivity contribution in [1.82, 2.24) is 19.9 Å². The van der Waals surface area contributed by atoms with Crippen LogP contribution in [0, 0.1) is 0 Å². The van der Waals surface area contributed by atoms with Gasteiger partial charge in [0.25, 0.3) is 0 Å². The number of hydrogen-bond acceptors (Lipinski definition) is 3. The van der Waals surface area contributed by atoms with Crippen LogP contribution in [0.3, 0.4) is 0 Å². The Bertz CT molecular complexity index is 1050. The number of hydrogen-bond donors (Lipinski definition) is 0. The monoisotopic (exact) mass is 330 g/mol. The Kier molecular flexibility index (Phi) is 3.90. The van der Waals surface area contributed by atoms with Gasteiger partial charge in [0.15, 0.2) is 0 Å². The van der Waals surface area contributed by atoms with E-state index in [1.807, 2.05) is 43.4 Å². The first-order valence-corrected chi connectivity index (χ1v) is 8.20. The van der Waals surface area contributed by atoms with E-state index in [0.717, 1.165) is 16.6 Å². The van der Waals surface area contributed by atoms with Crippen molar-refractivity contribution in [2.24, 2.45) is 0 Å². The fourth-order valence-corrected chi connectivity index (χ4v) is 2.98. The minimum absolute atomic E-state index is 0.00353. The fourth-order valence-electron chi connectivity index (χ4n) is 2.98. The Morgan fingerprint density at radius 3 is 2.64 bits per heavy atom. The Morgan fingerprint density at radius 2 is 1.76 bits per heavy atom. The first-order valence-electron chi connectivity index (χ1n) is 8.20. The third kappa shape index (κ3) is 3.08. The molecule has 0 spiro atoms. The van der Waals surface area contributed by atoms with Crippen molar-refractivity contribution in [3.8, 4) is 0 Å². The number of fused-ring (bicyclic) bond motifs is 2. The molecule has 5 heteroatoms. The predicted octanol–water partition coefficient (Wildman–Crippen LogP) is 3.24. The number of likely N-dealkylation sites (N-methyl/N-ethyl adjacent to an activating group) is 1. The summed E-state index contributed by atoms with van der Waals surface area (Å²) in [7, 11) is 1.82. The molecule has 124 valence electrons. The molecule has 3 aromatic carbocycles. The van der Waals surface area contributed by atoms with E-state index < -0.39 is 0 Å². The number of carbonyl (C=O) groups is 1. The van der Waals surface area contributed by atoms with Gasteiger partial charge in [-0.15, -0.1) is 5.10 Å². The van der Waals surface area contributed by atoms with Crippen LogP contribution in [0.25, 0.3) is 21.8 Å². The molecule has 4 aromatic rings. The average Bonchev–Trinajstić information content (AvgIpc) is 3.04. The highest BCUT2D eigenvalue weighted by molar-refractivity contribution is 5.83. The molecule has 0 aliphatic carbocycles. The van der Waals surface area contributed by atoms with Crippen LogP contribution in [-0.2, 0) is 17.9 Å². The minimum atomic E-state index is 0.00353. The lowest BCUT2D eigenvalue weighted by molar-refractivity contribution is -0.131. The number of aromatic nitrogens is 3. The Hall–Kier alpha value is -3.21. The van der Waals surface area contributed by atoms with Crippen molar-refractivity contribution in [3.63, 3.8) is 0 Å². The summed E-state index contributed by atoms with van der Waals surface area (Å²) in [6, 6.07) is 22.2. The van der Waals surface area contributed by atoms with E-state index in [0.29, 0.717) is 6.54 Å². The third-order valence-corrected chi connectivity index (χ3v) is 4.36. The van der Waals surface area contributed by atoms with Crippen LogP contribution in [0.5, 0.6) is 0 Å². The second-order valence-corrected chi connectivity index (χ2v) is 6.17. The van der Waals surface area contributed by atoms with Crippen LogP contribution in [0.2, 0.25) is 0 Å². The van der Waals surface area contributed by atoms with E-state index in [1.165, 1.54) is 10.8 Å². The van der Waals surface area contributed by atoms with Crippen molar-refractivity contribution >= 4 is 27.7 Å². The van der Waals surface area contributed by atoms with Gasteiger partial charge in [-0.05, 0) is 34.5 Å². The van der Waals surface area contributed by atoms with Crippen LogP contribution in [0.15, 0.2) is 66.7 Å². The molecular weight excluding hydrogens is 312 g/mol. The number of benzene rings is 3. The van der Waals surface area contributed by atoms with Crippen molar-refractivity contribution in [2.45, 2.75) is 13.1 Å².